The molecular formula is C27H32O3. The third-order valence-electron chi connectivity index (χ3n) is 5.15. The Hall–Kier alpha value is -2.94. The molecule has 0 bridgehead atoms. The zero-order valence-corrected chi connectivity index (χ0v) is 17.6. The third kappa shape index (κ3) is 7.82. The van der Waals surface area contributed by atoms with Gasteiger partial charge in [-0.1, -0.05) is 80.3 Å². The van der Waals surface area contributed by atoms with Crippen molar-refractivity contribution < 1.29 is 14.6 Å². The number of hydrogen-bond acceptors (Lipinski definition) is 3. The second kappa shape index (κ2) is 12.6. The van der Waals surface area contributed by atoms with E-state index in [9.17, 15) is 5.11 Å². The summed E-state index contributed by atoms with van der Waals surface area (Å²) in [6, 6.07) is 27.4. The van der Waals surface area contributed by atoms with E-state index in [1.54, 1.807) is 6.07 Å². The maximum atomic E-state index is 9.82. The van der Waals surface area contributed by atoms with E-state index < -0.39 is 0 Å². The highest BCUT2D eigenvalue weighted by Gasteiger charge is 2.12. The fourth-order valence-electron chi connectivity index (χ4n) is 3.50. The highest BCUT2D eigenvalue weighted by atomic mass is 16.7. The molecule has 3 rings (SSSR count). The Labute approximate surface area is 180 Å². The molecule has 30 heavy (non-hydrogen) atoms. The van der Waals surface area contributed by atoms with Crippen LogP contribution in [0.2, 0.25) is 0 Å². The lowest BCUT2D eigenvalue weighted by atomic mass is 10.0. The second-order valence-corrected chi connectivity index (χ2v) is 7.58. The Balaban J connectivity index is 1.35. The van der Waals surface area contributed by atoms with Gasteiger partial charge in [-0.25, -0.2) is 0 Å². The predicted molar refractivity (Wildman–Crippen MR) is 122 cm³/mol. The largest absolute Gasteiger partial charge is 0.508 e. The predicted octanol–water partition coefficient (Wildman–Crippen LogP) is 7.15. The van der Waals surface area contributed by atoms with E-state index in [1.807, 2.05) is 78.9 Å². The van der Waals surface area contributed by atoms with Gasteiger partial charge >= 0.3 is 0 Å². The van der Waals surface area contributed by atoms with E-state index in [1.165, 1.54) is 25.7 Å². The summed E-state index contributed by atoms with van der Waals surface area (Å²) in [5.74, 6) is 2.09. The number of phenolic OH excluding ortho intramolecular Hbond substituents is 1. The fourth-order valence-corrected chi connectivity index (χ4v) is 3.50. The first-order valence-electron chi connectivity index (χ1n) is 11.0. The van der Waals surface area contributed by atoms with E-state index in [0.29, 0.717) is 5.75 Å². The van der Waals surface area contributed by atoms with Crippen molar-refractivity contribution >= 4 is 0 Å². The van der Waals surface area contributed by atoms with E-state index in [2.05, 4.69) is 0 Å². The number of para-hydroxylation sites is 3. The molecule has 0 aliphatic carbocycles. The molecular weight excluding hydrogens is 372 g/mol. The average molecular weight is 405 g/mol. The molecule has 0 aromatic heterocycles. The van der Waals surface area contributed by atoms with Gasteiger partial charge < -0.3 is 14.6 Å². The van der Waals surface area contributed by atoms with Gasteiger partial charge in [0.05, 0.1) is 0 Å². The van der Waals surface area contributed by atoms with Gasteiger partial charge in [-0.05, 0) is 55.2 Å². The summed E-state index contributed by atoms with van der Waals surface area (Å²) in [6.45, 7) is 0. The molecule has 0 amide bonds. The van der Waals surface area contributed by atoms with Crippen LogP contribution in [0.5, 0.6) is 17.2 Å². The van der Waals surface area contributed by atoms with Crippen molar-refractivity contribution in [2.45, 2.75) is 57.7 Å². The van der Waals surface area contributed by atoms with Crippen molar-refractivity contribution in [2.75, 3.05) is 0 Å². The van der Waals surface area contributed by atoms with E-state index in [-0.39, 0.29) is 6.29 Å². The number of hydrogen-bond donors (Lipinski definition) is 1. The van der Waals surface area contributed by atoms with Crippen molar-refractivity contribution in [3.8, 4) is 17.2 Å². The molecule has 0 saturated heterocycles. The van der Waals surface area contributed by atoms with Crippen LogP contribution in [0.3, 0.4) is 0 Å². The molecule has 3 aromatic rings. The van der Waals surface area contributed by atoms with Crippen LogP contribution in [0.25, 0.3) is 0 Å². The molecule has 0 aliphatic heterocycles. The monoisotopic (exact) mass is 404 g/mol. The van der Waals surface area contributed by atoms with Crippen LogP contribution in [0.1, 0.15) is 50.5 Å². The quantitative estimate of drug-likeness (QED) is 0.243. The lowest BCUT2D eigenvalue weighted by Gasteiger charge is -2.20. The molecule has 0 unspecified atom stereocenters. The molecule has 3 heteroatoms. The molecule has 0 radical (unpaired) electrons. The van der Waals surface area contributed by atoms with Crippen LogP contribution in [0.15, 0.2) is 84.9 Å². The van der Waals surface area contributed by atoms with Gasteiger partial charge in [0.1, 0.15) is 17.2 Å². The van der Waals surface area contributed by atoms with Crippen molar-refractivity contribution in [1.82, 2.24) is 0 Å². The first kappa shape index (κ1) is 21.8. The minimum absolute atomic E-state index is 0.282. The molecule has 1 N–H and O–H groups in total. The summed E-state index contributed by atoms with van der Waals surface area (Å²) in [6.07, 6.45) is 8.52. The summed E-state index contributed by atoms with van der Waals surface area (Å²) < 4.78 is 12.2. The molecule has 158 valence electrons. The molecule has 0 atom stereocenters. The number of rotatable bonds is 13. The summed E-state index contributed by atoms with van der Waals surface area (Å²) in [5, 5.41) is 9.82. The number of unbranched alkanes of at least 4 members (excludes halogenated alkanes) is 5. The number of phenols is 1. The molecule has 0 heterocycles. The van der Waals surface area contributed by atoms with E-state index in [0.717, 1.165) is 42.7 Å². The fraction of sp³-hybridized carbons (Fsp3) is 0.333. The highest BCUT2D eigenvalue weighted by molar-refractivity contribution is 5.31. The minimum Gasteiger partial charge on any atom is -0.508 e. The van der Waals surface area contributed by atoms with Crippen LogP contribution in [0, 0.1) is 0 Å². The Morgan fingerprint density at radius 1 is 0.567 bits per heavy atom. The van der Waals surface area contributed by atoms with E-state index >= 15 is 0 Å². The van der Waals surface area contributed by atoms with Gasteiger partial charge in [-0.15, -0.1) is 0 Å². The molecule has 3 nitrogen and oxygen atoms in total. The third-order valence-corrected chi connectivity index (χ3v) is 5.15. The zero-order valence-electron chi connectivity index (χ0n) is 17.6. The lowest BCUT2D eigenvalue weighted by Crippen LogP contribution is -2.23. The minimum atomic E-state index is -0.282. The lowest BCUT2D eigenvalue weighted by molar-refractivity contribution is -0.00245. The summed E-state index contributed by atoms with van der Waals surface area (Å²) in [7, 11) is 0. The maximum absolute atomic E-state index is 9.82. The van der Waals surface area contributed by atoms with Crippen molar-refractivity contribution in [3.05, 3.63) is 90.5 Å². The average Bonchev–Trinajstić information content (AvgIpc) is 2.78. The SMILES string of the molecule is Oc1ccccc1CCCCCCCCC(Oc1ccccc1)Oc1ccccc1. The Morgan fingerprint density at radius 2 is 1.07 bits per heavy atom. The number of aromatic hydroxyl groups is 1. The summed E-state index contributed by atoms with van der Waals surface area (Å²) in [4.78, 5) is 0. The number of ether oxygens (including phenoxy) is 2. The maximum Gasteiger partial charge on any atom is 0.241 e. The molecule has 0 fully saturated rings. The van der Waals surface area contributed by atoms with Crippen LogP contribution in [0.4, 0.5) is 0 Å². The Kier molecular flexibility index (Phi) is 9.13. The number of benzene rings is 3. The first-order valence-corrected chi connectivity index (χ1v) is 11.0. The van der Waals surface area contributed by atoms with Crippen molar-refractivity contribution in [3.63, 3.8) is 0 Å². The van der Waals surface area contributed by atoms with Crippen LogP contribution >= 0.6 is 0 Å². The normalized spacial score (nSPS) is 10.8. The van der Waals surface area contributed by atoms with Crippen molar-refractivity contribution in [1.29, 1.82) is 0 Å². The molecule has 0 saturated carbocycles. The molecule has 0 spiro atoms. The Morgan fingerprint density at radius 3 is 1.67 bits per heavy atom. The first-order chi connectivity index (χ1) is 14.8. The smallest absolute Gasteiger partial charge is 0.241 e. The van der Waals surface area contributed by atoms with Crippen molar-refractivity contribution in [2.24, 2.45) is 0 Å². The second-order valence-electron chi connectivity index (χ2n) is 7.58. The van der Waals surface area contributed by atoms with Gasteiger partial charge in [0.25, 0.3) is 0 Å². The van der Waals surface area contributed by atoms with Gasteiger partial charge in [0.2, 0.25) is 6.29 Å². The van der Waals surface area contributed by atoms with Crippen LogP contribution in [-0.2, 0) is 6.42 Å². The van der Waals surface area contributed by atoms with E-state index in [4.69, 9.17) is 9.47 Å². The highest BCUT2D eigenvalue weighted by Crippen LogP contribution is 2.21. The van der Waals surface area contributed by atoms with Gasteiger partial charge in [-0.2, -0.15) is 0 Å². The van der Waals surface area contributed by atoms with Crippen LogP contribution in [-0.4, -0.2) is 11.4 Å². The standard InChI is InChI=1S/C27H32O3/c28-26-21-14-13-16-23(26)15-7-3-1-2-4-12-22-27(29-24-17-8-5-9-18-24)30-25-19-10-6-11-20-25/h5-6,8-11,13-14,16-21,27-28H,1-4,7,12,15,22H2. The number of aryl methyl sites for hydroxylation is 1. The topological polar surface area (TPSA) is 38.7 Å². The summed E-state index contributed by atoms with van der Waals surface area (Å²) >= 11 is 0. The molecule has 3 aromatic carbocycles. The zero-order chi connectivity index (χ0) is 20.9. The summed E-state index contributed by atoms with van der Waals surface area (Å²) in [5.41, 5.74) is 1.05. The van der Waals surface area contributed by atoms with Gasteiger partial charge in [-0.3, -0.25) is 0 Å². The van der Waals surface area contributed by atoms with Crippen LogP contribution < -0.4 is 9.47 Å². The van der Waals surface area contributed by atoms with Gasteiger partial charge in [0.15, 0.2) is 0 Å². The van der Waals surface area contributed by atoms with Gasteiger partial charge in [0, 0.05) is 6.42 Å². The molecule has 0 aliphatic rings. The Bertz CT molecular complexity index is 791.